The van der Waals surface area contributed by atoms with Crippen molar-refractivity contribution in [3.05, 3.63) is 29.8 Å². The summed E-state index contributed by atoms with van der Waals surface area (Å²) in [6.45, 7) is 0.656. The molecule has 1 amide bonds. The summed E-state index contributed by atoms with van der Waals surface area (Å²) in [4.78, 5) is 17.0. The second-order valence-electron chi connectivity index (χ2n) is 3.13. The molecule has 0 fully saturated rings. The van der Waals surface area contributed by atoms with Crippen LogP contribution < -0.4 is 0 Å². The Balaban J connectivity index is 2.63. The molecular formula is C10H12BrFN2O. The topological polar surface area (TPSA) is 33.2 Å². The van der Waals surface area contributed by atoms with E-state index >= 15 is 0 Å². The Morgan fingerprint density at radius 3 is 2.87 bits per heavy atom. The van der Waals surface area contributed by atoms with Gasteiger partial charge in [0.15, 0.2) is 0 Å². The van der Waals surface area contributed by atoms with Gasteiger partial charge in [-0.3, -0.25) is 4.79 Å². The summed E-state index contributed by atoms with van der Waals surface area (Å²) in [6, 6.07) is 2.63. The van der Waals surface area contributed by atoms with E-state index in [0.717, 1.165) is 17.9 Å². The summed E-state index contributed by atoms with van der Waals surface area (Å²) < 4.78 is 12.6. The highest BCUT2D eigenvalue weighted by atomic mass is 79.9. The van der Waals surface area contributed by atoms with Crippen molar-refractivity contribution in [1.29, 1.82) is 0 Å². The van der Waals surface area contributed by atoms with Gasteiger partial charge in [-0.05, 0) is 18.6 Å². The third-order valence-corrected chi connectivity index (χ3v) is 2.48. The first kappa shape index (κ1) is 12.1. The number of carbonyl (C=O) groups is 1. The van der Waals surface area contributed by atoms with Crippen LogP contribution in [-0.4, -0.2) is 34.7 Å². The molecule has 0 aromatic carbocycles. The van der Waals surface area contributed by atoms with Gasteiger partial charge >= 0.3 is 0 Å². The van der Waals surface area contributed by atoms with Gasteiger partial charge in [0.25, 0.3) is 5.91 Å². The van der Waals surface area contributed by atoms with Crippen LogP contribution in [0.1, 0.15) is 16.9 Å². The van der Waals surface area contributed by atoms with Gasteiger partial charge in [-0.1, -0.05) is 15.9 Å². The van der Waals surface area contributed by atoms with Gasteiger partial charge < -0.3 is 4.90 Å². The molecule has 82 valence electrons. The summed E-state index contributed by atoms with van der Waals surface area (Å²) >= 11 is 3.29. The van der Waals surface area contributed by atoms with Gasteiger partial charge in [-0.15, -0.1) is 0 Å². The van der Waals surface area contributed by atoms with Crippen molar-refractivity contribution in [3.8, 4) is 0 Å². The first-order chi connectivity index (χ1) is 7.15. The quantitative estimate of drug-likeness (QED) is 0.788. The van der Waals surface area contributed by atoms with Gasteiger partial charge in [0.1, 0.15) is 11.5 Å². The zero-order chi connectivity index (χ0) is 11.3. The number of amides is 1. The Labute approximate surface area is 96.4 Å². The highest BCUT2D eigenvalue weighted by Gasteiger charge is 2.12. The van der Waals surface area contributed by atoms with Crippen molar-refractivity contribution in [2.45, 2.75) is 6.42 Å². The lowest BCUT2D eigenvalue weighted by atomic mass is 10.3. The van der Waals surface area contributed by atoms with Crippen molar-refractivity contribution in [3.63, 3.8) is 0 Å². The maximum Gasteiger partial charge on any atom is 0.272 e. The van der Waals surface area contributed by atoms with Crippen LogP contribution in [0, 0.1) is 5.82 Å². The average molecular weight is 275 g/mol. The predicted octanol–water partition coefficient (Wildman–Crippen LogP) is 2.08. The van der Waals surface area contributed by atoms with Crippen molar-refractivity contribution >= 4 is 21.8 Å². The normalized spacial score (nSPS) is 10.1. The number of rotatable bonds is 4. The second kappa shape index (κ2) is 5.80. The van der Waals surface area contributed by atoms with Crippen LogP contribution in [0.2, 0.25) is 0 Å². The van der Waals surface area contributed by atoms with Gasteiger partial charge in [0, 0.05) is 18.9 Å². The fourth-order valence-corrected chi connectivity index (χ4v) is 1.35. The molecule has 0 aliphatic carbocycles. The molecule has 3 nitrogen and oxygen atoms in total. The standard InChI is InChI=1S/C10H12BrFN2O/c1-14(6-2-5-11)10(15)9-4-3-8(12)7-13-9/h3-4,7H,2,5-6H2,1H3. The minimum Gasteiger partial charge on any atom is -0.340 e. The number of carbonyl (C=O) groups excluding carboxylic acids is 1. The average Bonchev–Trinajstić information content (AvgIpc) is 2.26. The largest absolute Gasteiger partial charge is 0.340 e. The Bertz CT molecular complexity index is 329. The SMILES string of the molecule is CN(CCCBr)C(=O)c1ccc(F)cn1. The number of alkyl halides is 1. The molecule has 5 heteroatoms. The Kier molecular flexibility index (Phi) is 4.68. The predicted molar refractivity (Wildman–Crippen MR) is 59.6 cm³/mol. The van der Waals surface area contributed by atoms with E-state index in [2.05, 4.69) is 20.9 Å². The van der Waals surface area contributed by atoms with E-state index < -0.39 is 5.82 Å². The lowest BCUT2D eigenvalue weighted by Crippen LogP contribution is -2.28. The molecule has 1 aromatic heterocycles. The molecule has 1 heterocycles. The van der Waals surface area contributed by atoms with Crippen LogP contribution in [0.5, 0.6) is 0 Å². The van der Waals surface area contributed by atoms with Crippen LogP contribution in [0.3, 0.4) is 0 Å². The summed E-state index contributed by atoms with van der Waals surface area (Å²) in [5.74, 6) is -0.620. The van der Waals surface area contributed by atoms with E-state index in [1.54, 1.807) is 11.9 Å². The monoisotopic (exact) mass is 274 g/mol. The number of halogens is 2. The maximum atomic E-state index is 12.6. The first-order valence-corrected chi connectivity index (χ1v) is 5.70. The molecule has 0 aliphatic rings. The highest BCUT2D eigenvalue weighted by Crippen LogP contribution is 2.03. The first-order valence-electron chi connectivity index (χ1n) is 4.58. The van der Waals surface area contributed by atoms with E-state index in [1.165, 1.54) is 12.1 Å². The third-order valence-electron chi connectivity index (χ3n) is 1.92. The van der Waals surface area contributed by atoms with Crippen LogP contribution in [0.25, 0.3) is 0 Å². The third kappa shape index (κ3) is 3.58. The van der Waals surface area contributed by atoms with Crippen molar-refractivity contribution in [2.24, 2.45) is 0 Å². The van der Waals surface area contributed by atoms with E-state index in [0.29, 0.717) is 6.54 Å². The fourth-order valence-electron chi connectivity index (χ4n) is 1.10. The minimum atomic E-state index is -0.435. The number of aromatic nitrogens is 1. The van der Waals surface area contributed by atoms with Crippen LogP contribution in [0.15, 0.2) is 18.3 Å². The number of hydrogen-bond acceptors (Lipinski definition) is 2. The highest BCUT2D eigenvalue weighted by molar-refractivity contribution is 9.09. The van der Waals surface area contributed by atoms with Gasteiger partial charge in [-0.25, -0.2) is 9.37 Å². The lowest BCUT2D eigenvalue weighted by Gasteiger charge is -2.15. The molecule has 1 aromatic rings. The Morgan fingerprint density at radius 1 is 1.60 bits per heavy atom. The number of hydrogen-bond donors (Lipinski definition) is 0. The molecule has 0 atom stereocenters. The lowest BCUT2D eigenvalue weighted by molar-refractivity contribution is 0.0790. The summed E-state index contributed by atoms with van der Waals surface area (Å²) in [7, 11) is 1.70. The number of pyridine rings is 1. The van der Waals surface area contributed by atoms with Gasteiger partial charge in [0.05, 0.1) is 6.20 Å². The molecule has 15 heavy (non-hydrogen) atoms. The van der Waals surface area contributed by atoms with Crippen molar-refractivity contribution < 1.29 is 9.18 Å². The van der Waals surface area contributed by atoms with Gasteiger partial charge in [0.2, 0.25) is 0 Å². The van der Waals surface area contributed by atoms with Crippen LogP contribution >= 0.6 is 15.9 Å². The molecular weight excluding hydrogens is 263 g/mol. The molecule has 0 spiro atoms. The second-order valence-corrected chi connectivity index (χ2v) is 3.92. The smallest absolute Gasteiger partial charge is 0.272 e. The summed E-state index contributed by atoms with van der Waals surface area (Å²) in [5, 5.41) is 0.849. The summed E-state index contributed by atoms with van der Waals surface area (Å²) in [5.41, 5.74) is 0.272. The zero-order valence-electron chi connectivity index (χ0n) is 8.41. The molecule has 1 rings (SSSR count). The molecule has 0 unspecified atom stereocenters. The molecule has 0 saturated heterocycles. The minimum absolute atomic E-state index is 0.184. The van der Waals surface area contributed by atoms with Gasteiger partial charge in [-0.2, -0.15) is 0 Å². The van der Waals surface area contributed by atoms with Crippen molar-refractivity contribution in [2.75, 3.05) is 18.9 Å². The van der Waals surface area contributed by atoms with Crippen molar-refractivity contribution in [1.82, 2.24) is 9.88 Å². The van der Waals surface area contributed by atoms with E-state index in [4.69, 9.17) is 0 Å². The number of nitrogens with zero attached hydrogens (tertiary/aromatic N) is 2. The molecule has 0 bridgehead atoms. The molecule has 0 aliphatic heterocycles. The van der Waals surface area contributed by atoms with E-state index in [9.17, 15) is 9.18 Å². The van der Waals surface area contributed by atoms with E-state index in [1.807, 2.05) is 0 Å². The van der Waals surface area contributed by atoms with Crippen LogP contribution in [-0.2, 0) is 0 Å². The fraction of sp³-hybridized carbons (Fsp3) is 0.400. The van der Waals surface area contributed by atoms with E-state index in [-0.39, 0.29) is 11.6 Å². The Morgan fingerprint density at radius 2 is 2.33 bits per heavy atom. The maximum absolute atomic E-state index is 12.6. The summed E-state index contributed by atoms with van der Waals surface area (Å²) in [6.07, 6.45) is 1.93. The zero-order valence-corrected chi connectivity index (χ0v) is 10.00. The molecule has 0 N–H and O–H groups in total. The Hall–Kier alpha value is -0.970. The molecule has 0 saturated carbocycles. The molecule has 0 radical (unpaired) electrons. The van der Waals surface area contributed by atoms with Crippen LogP contribution in [0.4, 0.5) is 4.39 Å².